The van der Waals surface area contributed by atoms with Crippen molar-refractivity contribution in [3.8, 4) is 0 Å². The summed E-state index contributed by atoms with van der Waals surface area (Å²) in [5.74, 6) is 0. The second-order valence-corrected chi connectivity index (χ2v) is 6.99. The van der Waals surface area contributed by atoms with E-state index in [-0.39, 0.29) is 5.54 Å². The van der Waals surface area contributed by atoms with Gasteiger partial charge in [-0.2, -0.15) is 0 Å². The van der Waals surface area contributed by atoms with Crippen molar-refractivity contribution in [2.75, 3.05) is 26.8 Å². The van der Waals surface area contributed by atoms with E-state index in [2.05, 4.69) is 31.0 Å². The predicted molar refractivity (Wildman–Crippen MR) is 80.6 cm³/mol. The Morgan fingerprint density at radius 1 is 1.26 bits per heavy atom. The number of methoxy groups -OCH3 is 1. The van der Waals surface area contributed by atoms with E-state index in [4.69, 9.17) is 4.74 Å². The molecule has 0 aromatic heterocycles. The van der Waals surface area contributed by atoms with Crippen molar-refractivity contribution in [3.63, 3.8) is 0 Å². The van der Waals surface area contributed by atoms with Crippen LogP contribution in [0.1, 0.15) is 59.3 Å². The number of piperazine rings is 1. The van der Waals surface area contributed by atoms with Crippen LogP contribution in [0.25, 0.3) is 0 Å². The zero-order valence-electron chi connectivity index (χ0n) is 13.3. The average molecular weight is 268 g/mol. The Labute approximate surface area is 119 Å². The standard InChI is InChI=1S/C16H32N2O/c1-5-15(3)13-18(14(2)11-19-4)16(12-17-15)9-7-6-8-10-16/h14,17H,5-13H2,1-4H3. The Morgan fingerprint density at radius 3 is 2.53 bits per heavy atom. The SMILES string of the molecule is CCC1(C)CN(C(C)COC)C2(CCCCC2)CN1. The molecule has 2 atom stereocenters. The number of nitrogens with zero attached hydrogens (tertiary/aromatic N) is 1. The first-order valence-corrected chi connectivity index (χ1v) is 8.06. The fourth-order valence-electron chi connectivity index (χ4n) is 3.94. The summed E-state index contributed by atoms with van der Waals surface area (Å²) in [4.78, 5) is 2.77. The minimum absolute atomic E-state index is 0.269. The lowest BCUT2D eigenvalue weighted by molar-refractivity contribution is -0.0571. The third kappa shape index (κ3) is 3.14. The molecule has 19 heavy (non-hydrogen) atoms. The molecule has 1 saturated heterocycles. The highest BCUT2D eigenvalue weighted by Gasteiger charge is 2.46. The summed E-state index contributed by atoms with van der Waals surface area (Å²) in [6.07, 6.45) is 8.10. The Balaban J connectivity index is 2.17. The van der Waals surface area contributed by atoms with Gasteiger partial charge in [-0.15, -0.1) is 0 Å². The maximum atomic E-state index is 5.43. The lowest BCUT2D eigenvalue weighted by Crippen LogP contribution is -2.71. The summed E-state index contributed by atoms with van der Waals surface area (Å²) >= 11 is 0. The van der Waals surface area contributed by atoms with Gasteiger partial charge in [0.15, 0.2) is 0 Å². The van der Waals surface area contributed by atoms with Crippen LogP contribution < -0.4 is 5.32 Å². The van der Waals surface area contributed by atoms with Crippen molar-refractivity contribution >= 4 is 0 Å². The molecule has 1 aliphatic heterocycles. The summed E-state index contributed by atoms with van der Waals surface area (Å²) < 4.78 is 5.43. The Bertz CT molecular complexity index is 288. The third-order valence-corrected chi connectivity index (χ3v) is 5.48. The van der Waals surface area contributed by atoms with Gasteiger partial charge in [0.05, 0.1) is 6.61 Å². The van der Waals surface area contributed by atoms with E-state index in [0.717, 1.165) is 19.7 Å². The van der Waals surface area contributed by atoms with Crippen molar-refractivity contribution in [3.05, 3.63) is 0 Å². The van der Waals surface area contributed by atoms with Crippen molar-refractivity contribution in [2.24, 2.45) is 0 Å². The van der Waals surface area contributed by atoms with Crippen LogP contribution >= 0.6 is 0 Å². The van der Waals surface area contributed by atoms with E-state index < -0.39 is 0 Å². The normalized spacial score (nSPS) is 33.5. The van der Waals surface area contributed by atoms with Crippen LogP contribution in [0, 0.1) is 0 Å². The zero-order valence-corrected chi connectivity index (χ0v) is 13.3. The number of nitrogens with one attached hydrogen (secondary N) is 1. The first-order chi connectivity index (χ1) is 9.05. The van der Waals surface area contributed by atoms with Crippen LogP contribution in [0.2, 0.25) is 0 Å². The van der Waals surface area contributed by atoms with Gasteiger partial charge in [-0.1, -0.05) is 26.2 Å². The molecule has 0 radical (unpaired) electrons. The first kappa shape index (κ1) is 15.3. The van der Waals surface area contributed by atoms with Gasteiger partial charge < -0.3 is 10.1 Å². The molecule has 1 heterocycles. The number of hydrogen-bond acceptors (Lipinski definition) is 3. The average Bonchev–Trinajstić information content (AvgIpc) is 2.43. The minimum atomic E-state index is 0.269. The molecule has 3 nitrogen and oxygen atoms in total. The molecule has 2 fully saturated rings. The predicted octanol–water partition coefficient (Wildman–Crippen LogP) is 2.80. The van der Waals surface area contributed by atoms with Gasteiger partial charge in [-0.25, -0.2) is 0 Å². The first-order valence-electron chi connectivity index (χ1n) is 8.06. The van der Waals surface area contributed by atoms with Crippen molar-refractivity contribution in [1.29, 1.82) is 0 Å². The largest absolute Gasteiger partial charge is 0.383 e. The molecular weight excluding hydrogens is 236 g/mol. The van der Waals surface area contributed by atoms with Crippen LogP contribution in [-0.4, -0.2) is 48.8 Å². The molecule has 0 amide bonds. The Hall–Kier alpha value is -0.120. The van der Waals surface area contributed by atoms with Crippen molar-refractivity contribution in [2.45, 2.75) is 76.4 Å². The molecule has 1 spiro atoms. The maximum Gasteiger partial charge on any atom is 0.0615 e. The fourth-order valence-corrected chi connectivity index (χ4v) is 3.94. The molecule has 1 aliphatic carbocycles. The second kappa shape index (κ2) is 6.11. The van der Waals surface area contributed by atoms with E-state index >= 15 is 0 Å². The van der Waals surface area contributed by atoms with Crippen LogP contribution in [0.4, 0.5) is 0 Å². The minimum Gasteiger partial charge on any atom is -0.383 e. The quantitative estimate of drug-likeness (QED) is 0.848. The summed E-state index contributed by atoms with van der Waals surface area (Å²) in [7, 11) is 1.82. The molecule has 3 heteroatoms. The molecule has 1 saturated carbocycles. The molecule has 2 unspecified atom stereocenters. The lowest BCUT2D eigenvalue weighted by Gasteiger charge is -2.57. The van der Waals surface area contributed by atoms with Gasteiger partial charge >= 0.3 is 0 Å². The zero-order chi connectivity index (χ0) is 13.9. The van der Waals surface area contributed by atoms with Crippen LogP contribution in [0.15, 0.2) is 0 Å². The van der Waals surface area contributed by atoms with Crippen LogP contribution in [-0.2, 0) is 4.74 Å². The summed E-state index contributed by atoms with van der Waals surface area (Å²) in [5.41, 5.74) is 0.662. The number of ether oxygens (including phenoxy) is 1. The highest BCUT2D eigenvalue weighted by atomic mass is 16.5. The third-order valence-electron chi connectivity index (χ3n) is 5.48. The van der Waals surface area contributed by atoms with E-state index in [1.165, 1.54) is 38.5 Å². The number of hydrogen-bond donors (Lipinski definition) is 1. The molecule has 112 valence electrons. The topological polar surface area (TPSA) is 24.5 Å². The molecule has 2 aliphatic rings. The molecule has 0 aromatic rings. The Morgan fingerprint density at radius 2 is 1.95 bits per heavy atom. The van der Waals surface area contributed by atoms with Gasteiger partial charge in [0.2, 0.25) is 0 Å². The van der Waals surface area contributed by atoms with Gasteiger partial charge in [-0.05, 0) is 33.1 Å². The summed E-state index contributed by atoms with van der Waals surface area (Å²) in [5, 5.41) is 3.85. The van der Waals surface area contributed by atoms with Crippen LogP contribution in [0.3, 0.4) is 0 Å². The van der Waals surface area contributed by atoms with Gasteiger partial charge in [0, 0.05) is 37.3 Å². The van der Waals surface area contributed by atoms with E-state index in [0.29, 0.717) is 11.6 Å². The van der Waals surface area contributed by atoms with E-state index in [1.54, 1.807) is 0 Å². The van der Waals surface area contributed by atoms with Crippen LogP contribution in [0.5, 0.6) is 0 Å². The molecule has 1 N–H and O–H groups in total. The highest BCUT2D eigenvalue weighted by Crippen LogP contribution is 2.38. The van der Waals surface area contributed by atoms with E-state index in [1.807, 2.05) is 7.11 Å². The monoisotopic (exact) mass is 268 g/mol. The second-order valence-electron chi connectivity index (χ2n) is 6.99. The van der Waals surface area contributed by atoms with Gasteiger partial charge in [0.1, 0.15) is 0 Å². The lowest BCUT2D eigenvalue weighted by atomic mass is 9.75. The smallest absolute Gasteiger partial charge is 0.0615 e. The van der Waals surface area contributed by atoms with E-state index in [9.17, 15) is 0 Å². The highest BCUT2D eigenvalue weighted by molar-refractivity contribution is 5.05. The molecule has 0 aromatic carbocycles. The van der Waals surface area contributed by atoms with Gasteiger partial charge in [0.25, 0.3) is 0 Å². The maximum absolute atomic E-state index is 5.43. The Kier molecular flexibility index (Phi) is 4.91. The van der Waals surface area contributed by atoms with Crippen molar-refractivity contribution in [1.82, 2.24) is 10.2 Å². The number of rotatable bonds is 4. The summed E-state index contributed by atoms with van der Waals surface area (Å²) in [6, 6.07) is 0.524. The molecule has 2 rings (SSSR count). The fraction of sp³-hybridized carbons (Fsp3) is 1.00. The molecular formula is C16H32N2O. The summed E-state index contributed by atoms with van der Waals surface area (Å²) in [6.45, 7) is 10.2. The van der Waals surface area contributed by atoms with Crippen molar-refractivity contribution < 1.29 is 4.74 Å². The molecule has 0 bridgehead atoms. The van der Waals surface area contributed by atoms with Gasteiger partial charge in [-0.3, -0.25) is 4.90 Å².